The van der Waals surface area contributed by atoms with E-state index in [9.17, 15) is 4.79 Å². The standard InChI is InChI=1S/C24H33ClN6O/c1-26-22-7-14-31(27-22)23(32)29-15-9-24(10-16-29)8-4-13-30(24)18-19-5-6-21(20(25)17-19)28-11-2-3-12-28/h5-7,14,17H,2-4,8-13,15-16,18H2,1H3,(H,26,27). The maximum Gasteiger partial charge on any atom is 0.344 e. The number of carbonyl (C=O) groups is 1. The van der Waals surface area contributed by atoms with Crippen LogP contribution in [0.25, 0.3) is 0 Å². The van der Waals surface area contributed by atoms with E-state index < -0.39 is 0 Å². The summed E-state index contributed by atoms with van der Waals surface area (Å²) >= 11 is 6.68. The largest absolute Gasteiger partial charge is 0.372 e. The molecule has 0 atom stereocenters. The fraction of sp³-hybridized carbons (Fsp3) is 0.583. The van der Waals surface area contributed by atoms with Crippen LogP contribution in [0.4, 0.5) is 16.3 Å². The number of hydrogen-bond donors (Lipinski definition) is 1. The number of amides is 1. The second-order valence-electron chi connectivity index (χ2n) is 9.39. The summed E-state index contributed by atoms with van der Waals surface area (Å²) in [7, 11) is 1.81. The third kappa shape index (κ3) is 4.08. The van der Waals surface area contributed by atoms with Crippen LogP contribution in [0.3, 0.4) is 0 Å². The molecular weight excluding hydrogens is 424 g/mol. The van der Waals surface area contributed by atoms with Gasteiger partial charge in [-0.15, -0.1) is 5.10 Å². The van der Waals surface area contributed by atoms with E-state index in [1.165, 1.54) is 41.6 Å². The summed E-state index contributed by atoms with van der Waals surface area (Å²) in [6.07, 6.45) is 8.70. The first kappa shape index (κ1) is 21.6. The van der Waals surface area contributed by atoms with Crippen LogP contribution in [0, 0.1) is 0 Å². The molecule has 32 heavy (non-hydrogen) atoms. The van der Waals surface area contributed by atoms with Crippen molar-refractivity contribution in [3.05, 3.63) is 41.0 Å². The molecule has 7 nitrogen and oxygen atoms in total. The van der Waals surface area contributed by atoms with Gasteiger partial charge in [-0.1, -0.05) is 17.7 Å². The van der Waals surface area contributed by atoms with Crippen LogP contribution in [0.1, 0.15) is 44.1 Å². The fourth-order valence-corrected chi connectivity index (χ4v) is 6.04. The average Bonchev–Trinajstić information content (AvgIpc) is 3.56. The lowest BCUT2D eigenvalue weighted by molar-refractivity contribution is 0.0585. The van der Waals surface area contributed by atoms with Crippen molar-refractivity contribution in [1.29, 1.82) is 0 Å². The molecule has 3 aliphatic rings. The SMILES string of the molecule is CNc1ccn(C(=O)N2CCC3(CCCN3Cc3ccc(N4CCCC4)c(Cl)c3)CC2)n1. The number of likely N-dealkylation sites (tertiary alicyclic amines) is 2. The predicted octanol–water partition coefficient (Wildman–Crippen LogP) is 4.28. The molecule has 4 heterocycles. The molecule has 2 aromatic rings. The molecule has 0 saturated carbocycles. The van der Waals surface area contributed by atoms with Crippen molar-refractivity contribution < 1.29 is 4.79 Å². The van der Waals surface area contributed by atoms with E-state index >= 15 is 0 Å². The number of nitrogens with one attached hydrogen (secondary N) is 1. The summed E-state index contributed by atoms with van der Waals surface area (Å²) in [5.74, 6) is 0.711. The first-order chi connectivity index (χ1) is 15.6. The van der Waals surface area contributed by atoms with Gasteiger partial charge in [-0.3, -0.25) is 4.90 Å². The number of benzene rings is 1. The molecular formula is C24H33ClN6O. The monoisotopic (exact) mass is 456 g/mol. The number of carbonyl (C=O) groups excluding carboxylic acids is 1. The van der Waals surface area contributed by atoms with Gasteiger partial charge in [0.05, 0.1) is 10.7 Å². The second kappa shape index (κ2) is 8.94. The molecule has 0 bridgehead atoms. The summed E-state index contributed by atoms with van der Waals surface area (Å²) in [5, 5.41) is 8.14. The molecule has 0 unspecified atom stereocenters. The minimum absolute atomic E-state index is 0.0322. The second-order valence-corrected chi connectivity index (χ2v) is 9.80. The highest BCUT2D eigenvalue weighted by atomic mass is 35.5. The smallest absolute Gasteiger partial charge is 0.344 e. The van der Waals surface area contributed by atoms with Gasteiger partial charge in [0.1, 0.15) is 5.82 Å². The summed E-state index contributed by atoms with van der Waals surface area (Å²) in [6.45, 7) is 5.82. The highest BCUT2D eigenvalue weighted by molar-refractivity contribution is 6.33. The Morgan fingerprint density at radius 2 is 1.84 bits per heavy atom. The normalized spacial score (nSPS) is 20.9. The van der Waals surface area contributed by atoms with Crippen LogP contribution < -0.4 is 10.2 Å². The Hall–Kier alpha value is -2.25. The number of piperidine rings is 1. The fourth-order valence-electron chi connectivity index (χ4n) is 5.71. The Morgan fingerprint density at radius 1 is 1.06 bits per heavy atom. The van der Waals surface area contributed by atoms with Crippen molar-refractivity contribution in [3.63, 3.8) is 0 Å². The molecule has 3 saturated heterocycles. The topological polar surface area (TPSA) is 56.6 Å². The van der Waals surface area contributed by atoms with E-state index in [-0.39, 0.29) is 11.6 Å². The molecule has 172 valence electrons. The lowest BCUT2D eigenvalue weighted by Crippen LogP contribution is -2.53. The van der Waals surface area contributed by atoms with Crippen molar-refractivity contribution in [1.82, 2.24) is 19.6 Å². The summed E-state index contributed by atoms with van der Waals surface area (Å²) in [5.41, 5.74) is 2.65. The summed E-state index contributed by atoms with van der Waals surface area (Å²) < 4.78 is 1.44. The molecule has 0 radical (unpaired) electrons. The Labute approximate surface area is 195 Å². The van der Waals surface area contributed by atoms with Crippen LogP contribution in [0.5, 0.6) is 0 Å². The van der Waals surface area contributed by atoms with E-state index in [0.29, 0.717) is 5.82 Å². The maximum absolute atomic E-state index is 12.8. The molecule has 8 heteroatoms. The van der Waals surface area contributed by atoms with Crippen molar-refractivity contribution in [3.8, 4) is 0 Å². The van der Waals surface area contributed by atoms with E-state index in [0.717, 1.165) is 57.1 Å². The Bertz CT molecular complexity index is 961. The zero-order valence-electron chi connectivity index (χ0n) is 18.9. The van der Waals surface area contributed by atoms with Crippen molar-refractivity contribution in [2.75, 3.05) is 50.0 Å². The predicted molar refractivity (Wildman–Crippen MR) is 129 cm³/mol. The molecule has 1 aromatic heterocycles. The van der Waals surface area contributed by atoms with Gasteiger partial charge < -0.3 is 15.1 Å². The van der Waals surface area contributed by atoms with E-state index in [1.54, 1.807) is 6.20 Å². The molecule has 3 fully saturated rings. The molecule has 1 spiro atoms. The lowest BCUT2D eigenvalue weighted by atomic mass is 9.85. The van der Waals surface area contributed by atoms with Gasteiger partial charge in [0.2, 0.25) is 0 Å². The van der Waals surface area contributed by atoms with Crippen molar-refractivity contribution >= 4 is 29.1 Å². The summed E-state index contributed by atoms with van der Waals surface area (Å²) in [6, 6.07) is 8.41. The molecule has 1 N–H and O–H groups in total. The lowest BCUT2D eigenvalue weighted by Gasteiger charge is -2.45. The van der Waals surface area contributed by atoms with Gasteiger partial charge in [0.15, 0.2) is 0 Å². The van der Waals surface area contributed by atoms with Crippen molar-refractivity contribution in [2.24, 2.45) is 0 Å². The third-order valence-corrected chi connectivity index (χ3v) is 7.88. The van der Waals surface area contributed by atoms with Crippen LogP contribution in [0.15, 0.2) is 30.5 Å². The average molecular weight is 457 g/mol. The van der Waals surface area contributed by atoms with Gasteiger partial charge >= 0.3 is 6.03 Å². The third-order valence-electron chi connectivity index (χ3n) is 7.58. The van der Waals surface area contributed by atoms with Crippen LogP contribution in [0.2, 0.25) is 5.02 Å². The summed E-state index contributed by atoms with van der Waals surface area (Å²) in [4.78, 5) is 19.8. The number of anilines is 2. The highest BCUT2D eigenvalue weighted by Crippen LogP contribution is 2.40. The number of halogens is 1. The Kier molecular flexibility index (Phi) is 6.03. The van der Waals surface area contributed by atoms with Gasteiger partial charge in [0, 0.05) is 57.6 Å². The zero-order chi connectivity index (χ0) is 22.1. The highest BCUT2D eigenvalue weighted by Gasteiger charge is 2.43. The number of hydrogen-bond acceptors (Lipinski definition) is 5. The number of nitrogens with zero attached hydrogens (tertiary/aromatic N) is 5. The van der Waals surface area contributed by atoms with E-state index in [1.807, 2.05) is 18.0 Å². The minimum Gasteiger partial charge on any atom is -0.372 e. The van der Waals surface area contributed by atoms with Crippen LogP contribution >= 0.6 is 11.6 Å². The van der Waals surface area contributed by atoms with Gasteiger partial charge in [-0.05, 0) is 62.8 Å². The van der Waals surface area contributed by atoms with Crippen LogP contribution in [-0.2, 0) is 6.54 Å². The number of aromatic nitrogens is 2. The van der Waals surface area contributed by atoms with Gasteiger partial charge in [-0.2, -0.15) is 4.68 Å². The van der Waals surface area contributed by atoms with Crippen molar-refractivity contribution in [2.45, 2.75) is 50.6 Å². The van der Waals surface area contributed by atoms with Crippen LogP contribution in [-0.4, -0.2) is 70.9 Å². The first-order valence-electron chi connectivity index (χ1n) is 11.9. The first-order valence-corrected chi connectivity index (χ1v) is 12.3. The Balaban J connectivity index is 1.23. The molecule has 0 aliphatic carbocycles. The molecule has 3 aliphatic heterocycles. The number of rotatable bonds is 4. The Morgan fingerprint density at radius 3 is 2.53 bits per heavy atom. The maximum atomic E-state index is 12.8. The van der Waals surface area contributed by atoms with E-state index in [4.69, 9.17) is 11.6 Å². The molecule has 1 amide bonds. The zero-order valence-corrected chi connectivity index (χ0v) is 19.7. The van der Waals surface area contributed by atoms with Gasteiger partial charge in [-0.25, -0.2) is 4.79 Å². The van der Waals surface area contributed by atoms with E-state index in [2.05, 4.69) is 38.4 Å². The molecule has 1 aromatic carbocycles. The molecule has 5 rings (SSSR count). The minimum atomic E-state index is -0.0322. The van der Waals surface area contributed by atoms with Gasteiger partial charge in [0.25, 0.3) is 0 Å². The quantitative estimate of drug-likeness (QED) is 0.744.